The Bertz CT molecular complexity index is 906. The van der Waals surface area contributed by atoms with Gasteiger partial charge in [-0.25, -0.2) is 0 Å². The lowest BCUT2D eigenvalue weighted by Crippen LogP contribution is -2.20. The summed E-state index contributed by atoms with van der Waals surface area (Å²) in [6.07, 6.45) is 1.80. The Balaban J connectivity index is 1.75. The normalized spacial score (nSPS) is 10.9. The maximum absolute atomic E-state index is 12.3. The number of nitrogens with one attached hydrogen (secondary N) is 1. The van der Waals surface area contributed by atoms with Crippen LogP contribution in [0.1, 0.15) is 28.2 Å². The van der Waals surface area contributed by atoms with Crippen LogP contribution in [0.15, 0.2) is 36.5 Å². The van der Waals surface area contributed by atoms with Crippen molar-refractivity contribution in [2.24, 2.45) is 0 Å². The van der Waals surface area contributed by atoms with Gasteiger partial charge in [0.05, 0.1) is 29.3 Å². The second kappa shape index (κ2) is 6.93. The molecule has 6 heteroatoms. The average molecular weight is 337 g/mol. The molecule has 0 bridgehead atoms. The topological polar surface area (TPSA) is 64.7 Å². The van der Waals surface area contributed by atoms with Gasteiger partial charge < -0.3 is 5.32 Å². The Morgan fingerprint density at radius 2 is 1.84 bits per heavy atom. The molecule has 1 N–H and O–H groups in total. The molecule has 0 spiro atoms. The molecule has 0 unspecified atom stereocenters. The van der Waals surface area contributed by atoms with Gasteiger partial charge >= 0.3 is 0 Å². The Morgan fingerprint density at radius 1 is 1.08 bits per heavy atom. The van der Waals surface area contributed by atoms with Gasteiger partial charge in [0, 0.05) is 6.20 Å². The molecule has 0 atom stereocenters. The smallest absolute Gasteiger partial charge is 0.246 e. The van der Waals surface area contributed by atoms with Crippen LogP contribution in [-0.2, 0) is 17.9 Å². The third-order valence-electron chi connectivity index (χ3n) is 4.31. The number of hydrogen-bond acceptors (Lipinski definition) is 3. The van der Waals surface area contributed by atoms with Crippen molar-refractivity contribution in [1.29, 1.82) is 0 Å². The van der Waals surface area contributed by atoms with E-state index in [0.717, 1.165) is 22.8 Å². The highest BCUT2D eigenvalue weighted by atomic mass is 16.2. The van der Waals surface area contributed by atoms with Crippen molar-refractivity contribution in [3.05, 3.63) is 64.7 Å². The number of anilines is 1. The first-order valence-corrected chi connectivity index (χ1v) is 8.32. The minimum atomic E-state index is -0.107. The standard InChI is InChI=1S/C19H23N5O/c1-13-7-5-6-8-17(13)11-24-16(4)19(15(3)22-24)20-18(25)12-23-10-9-14(2)21-23/h5-10H,11-12H2,1-4H3,(H,20,25). The fraction of sp³-hybridized carbons (Fsp3) is 0.316. The summed E-state index contributed by atoms with van der Waals surface area (Å²) in [5.41, 5.74) is 5.89. The van der Waals surface area contributed by atoms with Crippen molar-refractivity contribution in [1.82, 2.24) is 19.6 Å². The summed E-state index contributed by atoms with van der Waals surface area (Å²) in [7, 11) is 0. The first-order valence-electron chi connectivity index (χ1n) is 8.32. The van der Waals surface area contributed by atoms with E-state index in [1.165, 1.54) is 11.1 Å². The monoisotopic (exact) mass is 337 g/mol. The van der Waals surface area contributed by atoms with Crippen LogP contribution in [0.2, 0.25) is 0 Å². The third kappa shape index (κ3) is 3.79. The highest BCUT2D eigenvalue weighted by Crippen LogP contribution is 2.21. The van der Waals surface area contributed by atoms with E-state index < -0.39 is 0 Å². The average Bonchev–Trinajstić information content (AvgIpc) is 3.08. The number of aromatic nitrogens is 4. The molecule has 0 aliphatic carbocycles. The van der Waals surface area contributed by atoms with E-state index in [2.05, 4.69) is 34.6 Å². The maximum atomic E-state index is 12.3. The van der Waals surface area contributed by atoms with Gasteiger partial charge in [-0.1, -0.05) is 24.3 Å². The van der Waals surface area contributed by atoms with Gasteiger partial charge in [-0.3, -0.25) is 14.2 Å². The molecular weight excluding hydrogens is 314 g/mol. The van der Waals surface area contributed by atoms with Gasteiger partial charge in [-0.15, -0.1) is 0 Å². The summed E-state index contributed by atoms with van der Waals surface area (Å²) in [4.78, 5) is 12.3. The van der Waals surface area contributed by atoms with Crippen LogP contribution in [0.5, 0.6) is 0 Å². The van der Waals surface area contributed by atoms with Gasteiger partial charge in [-0.2, -0.15) is 10.2 Å². The van der Waals surface area contributed by atoms with E-state index in [0.29, 0.717) is 6.54 Å². The molecule has 6 nitrogen and oxygen atoms in total. The van der Waals surface area contributed by atoms with E-state index in [4.69, 9.17) is 0 Å². The second-order valence-electron chi connectivity index (χ2n) is 6.33. The summed E-state index contributed by atoms with van der Waals surface area (Å²) < 4.78 is 3.57. The molecule has 2 aromatic heterocycles. The Morgan fingerprint density at radius 3 is 2.52 bits per heavy atom. The lowest BCUT2D eigenvalue weighted by Gasteiger charge is -2.09. The molecule has 2 heterocycles. The van der Waals surface area contributed by atoms with Crippen LogP contribution in [0.4, 0.5) is 5.69 Å². The SMILES string of the molecule is Cc1ccn(CC(=O)Nc2c(C)nn(Cc3ccccc3C)c2C)n1. The predicted octanol–water partition coefficient (Wildman–Crippen LogP) is 3.00. The molecule has 130 valence electrons. The van der Waals surface area contributed by atoms with E-state index in [9.17, 15) is 4.79 Å². The molecule has 0 radical (unpaired) electrons. The summed E-state index contributed by atoms with van der Waals surface area (Å²) in [5.74, 6) is -0.107. The minimum Gasteiger partial charge on any atom is -0.321 e. The van der Waals surface area contributed by atoms with Crippen LogP contribution in [0, 0.1) is 27.7 Å². The van der Waals surface area contributed by atoms with Gasteiger partial charge in [-0.05, 0) is 44.9 Å². The lowest BCUT2D eigenvalue weighted by molar-refractivity contribution is -0.116. The van der Waals surface area contributed by atoms with E-state index in [1.807, 2.05) is 43.7 Å². The van der Waals surface area contributed by atoms with Gasteiger partial charge in [0.1, 0.15) is 6.54 Å². The minimum absolute atomic E-state index is 0.107. The first kappa shape index (κ1) is 17.0. The number of hydrogen-bond donors (Lipinski definition) is 1. The molecule has 0 aliphatic rings. The van der Waals surface area contributed by atoms with Crippen molar-refractivity contribution in [3.8, 4) is 0 Å². The molecule has 3 rings (SSSR count). The van der Waals surface area contributed by atoms with Crippen LogP contribution in [0.25, 0.3) is 0 Å². The number of benzene rings is 1. The van der Waals surface area contributed by atoms with Crippen molar-refractivity contribution in [3.63, 3.8) is 0 Å². The van der Waals surface area contributed by atoms with Crippen LogP contribution >= 0.6 is 0 Å². The summed E-state index contributed by atoms with van der Waals surface area (Å²) in [6.45, 7) is 8.76. The van der Waals surface area contributed by atoms with E-state index >= 15 is 0 Å². The van der Waals surface area contributed by atoms with E-state index in [-0.39, 0.29) is 12.5 Å². The highest BCUT2D eigenvalue weighted by molar-refractivity contribution is 5.91. The molecule has 0 saturated carbocycles. The number of aryl methyl sites for hydroxylation is 3. The summed E-state index contributed by atoms with van der Waals surface area (Å²) in [6, 6.07) is 10.1. The maximum Gasteiger partial charge on any atom is 0.246 e. The largest absolute Gasteiger partial charge is 0.321 e. The van der Waals surface area contributed by atoms with Crippen LogP contribution < -0.4 is 5.32 Å². The Labute approximate surface area is 147 Å². The van der Waals surface area contributed by atoms with Crippen LogP contribution in [0.3, 0.4) is 0 Å². The summed E-state index contributed by atoms with van der Waals surface area (Å²) in [5, 5.41) is 11.8. The highest BCUT2D eigenvalue weighted by Gasteiger charge is 2.15. The number of rotatable bonds is 5. The van der Waals surface area contributed by atoms with Crippen LogP contribution in [-0.4, -0.2) is 25.5 Å². The molecule has 25 heavy (non-hydrogen) atoms. The third-order valence-corrected chi connectivity index (χ3v) is 4.31. The van der Waals surface area contributed by atoms with Gasteiger partial charge in [0.25, 0.3) is 0 Å². The zero-order valence-corrected chi connectivity index (χ0v) is 15.1. The molecule has 1 amide bonds. The Hall–Kier alpha value is -2.89. The second-order valence-corrected chi connectivity index (χ2v) is 6.33. The zero-order chi connectivity index (χ0) is 18.0. The van der Waals surface area contributed by atoms with Gasteiger partial charge in [0.2, 0.25) is 5.91 Å². The lowest BCUT2D eigenvalue weighted by atomic mass is 10.1. The van der Waals surface area contributed by atoms with Crippen molar-refractivity contribution in [2.75, 3.05) is 5.32 Å². The molecule has 0 saturated heterocycles. The molecule has 1 aromatic carbocycles. The Kier molecular flexibility index (Phi) is 4.70. The van der Waals surface area contributed by atoms with Gasteiger partial charge in [0.15, 0.2) is 0 Å². The summed E-state index contributed by atoms with van der Waals surface area (Å²) >= 11 is 0. The fourth-order valence-corrected chi connectivity index (χ4v) is 2.86. The molecular formula is C19H23N5O. The van der Waals surface area contributed by atoms with E-state index in [1.54, 1.807) is 10.9 Å². The molecule has 3 aromatic rings. The predicted molar refractivity (Wildman–Crippen MR) is 97.6 cm³/mol. The quantitative estimate of drug-likeness (QED) is 0.778. The number of amides is 1. The molecule has 0 fully saturated rings. The fourth-order valence-electron chi connectivity index (χ4n) is 2.86. The molecule has 0 aliphatic heterocycles. The first-order chi connectivity index (χ1) is 11.9. The number of nitrogens with zero attached hydrogens (tertiary/aromatic N) is 4. The van der Waals surface area contributed by atoms with Crippen molar-refractivity contribution in [2.45, 2.75) is 40.8 Å². The number of carbonyl (C=O) groups is 1. The number of carbonyl (C=O) groups excluding carboxylic acids is 1. The van der Waals surface area contributed by atoms with Crippen molar-refractivity contribution < 1.29 is 4.79 Å². The van der Waals surface area contributed by atoms with Crippen molar-refractivity contribution >= 4 is 11.6 Å². The zero-order valence-electron chi connectivity index (χ0n) is 15.1.